The number of urea groups is 1. The normalized spacial score (nSPS) is 15.1. The van der Waals surface area contributed by atoms with E-state index in [0.717, 1.165) is 16.3 Å². The van der Waals surface area contributed by atoms with Crippen molar-refractivity contribution in [3.05, 3.63) is 117 Å². The van der Waals surface area contributed by atoms with Crippen molar-refractivity contribution >= 4 is 46.6 Å². The monoisotopic (exact) mass is 554 g/mol. The summed E-state index contributed by atoms with van der Waals surface area (Å²) >= 11 is 6.11. The maximum atomic E-state index is 10.3. The van der Waals surface area contributed by atoms with Gasteiger partial charge >= 0.3 is 27.7 Å². The van der Waals surface area contributed by atoms with Gasteiger partial charge in [-0.25, -0.2) is 10.2 Å². The van der Waals surface area contributed by atoms with Crippen LogP contribution in [0.2, 0.25) is 0 Å². The third-order valence-electron chi connectivity index (χ3n) is 3.66. The summed E-state index contributed by atoms with van der Waals surface area (Å²) in [6.07, 6.45) is 21.7. The molecule has 2 aromatic rings. The van der Waals surface area contributed by atoms with Crippen LogP contribution in [0.1, 0.15) is 24.4 Å². The fourth-order valence-electron chi connectivity index (χ4n) is 2.07. The Morgan fingerprint density at radius 3 is 1.81 bits per heavy atom. The second-order valence-electron chi connectivity index (χ2n) is 6.41. The van der Waals surface area contributed by atoms with E-state index in [1.165, 1.54) is 0 Å². The van der Waals surface area contributed by atoms with Gasteiger partial charge in [0.1, 0.15) is 0 Å². The van der Waals surface area contributed by atoms with Crippen LogP contribution in [0.5, 0.6) is 0 Å². The zero-order valence-electron chi connectivity index (χ0n) is 20.0. The molecule has 5 N–H and O–H groups in total. The maximum Gasteiger partial charge on any atom is 3.00 e. The van der Waals surface area contributed by atoms with Gasteiger partial charge in [0.15, 0.2) is 0 Å². The van der Waals surface area contributed by atoms with Crippen LogP contribution in [0.15, 0.2) is 57.2 Å². The Bertz CT molecular complexity index is 883. The summed E-state index contributed by atoms with van der Waals surface area (Å²) in [5, 5.41) is 13.1. The third kappa shape index (κ3) is 18.2. The molecule has 0 unspecified atom stereocenters. The van der Waals surface area contributed by atoms with Crippen LogP contribution < -0.4 is 16.9 Å². The summed E-state index contributed by atoms with van der Waals surface area (Å²) in [6, 6.07) is 8.75. The van der Waals surface area contributed by atoms with Crippen LogP contribution in [0.3, 0.4) is 0 Å². The first-order valence-electron chi connectivity index (χ1n) is 10.3. The largest absolute Gasteiger partial charge is 3.00 e. The van der Waals surface area contributed by atoms with Gasteiger partial charge in [0, 0.05) is 11.1 Å². The molecule has 36 heavy (non-hydrogen) atoms. The number of rotatable bonds is 4. The van der Waals surface area contributed by atoms with Gasteiger partial charge in [-0.05, 0) is 107 Å². The van der Waals surface area contributed by atoms with E-state index in [1.807, 2.05) is 107 Å². The summed E-state index contributed by atoms with van der Waals surface area (Å²) in [5.74, 6) is 0. The van der Waals surface area contributed by atoms with E-state index in [1.54, 1.807) is 24.5 Å². The number of amidine groups is 1. The van der Waals surface area contributed by atoms with Gasteiger partial charge in [-0.1, -0.05) is 12.1 Å². The minimum absolute atomic E-state index is 0. The van der Waals surface area contributed by atoms with E-state index < -0.39 is 6.03 Å². The Kier molecular flexibility index (Phi) is 20.8. The Morgan fingerprint density at radius 1 is 0.861 bits per heavy atom. The van der Waals surface area contributed by atoms with Crippen LogP contribution >= 0.6 is 11.3 Å². The van der Waals surface area contributed by atoms with Crippen LogP contribution in [0, 0.1) is 64.2 Å². The molecule has 0 atom stereocenters. The molecule has 183 valence electrons. The first-order valence-corrected chi connectivity index (χ1v) is 11.6. The Labute approximate surface area is 239 Å². The molecule has 11 radical (unpaired) electrons. The van der Waals surface area contributed by atoms with Crippen molar-refractivity contribution in [1.29, 1.82) is 0 Å². The molecular formula is C25H28N7OS2Ti+2. The Balaban J connectivity index is 0.000000486. The average Bonchev–Trinajstić information content (AvgIpc) is 3.67. The van der Waals surface area contributed by atoms with E-state index in [4.69, 9.17) is 11.5 Å². The smallest absolute Gasteiger partial charge is 0.741 e. The number of carbonyl (C=O) groups excluding carboxylic acids is 1. The molecule has 2 aromatic heterocycles. The number of amides is 2. The zero-order valence-corrected chi connectivity index (χ0v) is 23.2. The van der Waals surface area contributed by atoms with Crippen LogP contribution in [0.4, 0.5) is 4.79 Å². The van der Waals surface area contributed by atoms with E-state index in [0.29, 0.717) is 5.71 Å². The fourth-order valence-corrected chi connectivity index (χ4v) is 2.79. The molecule has 0 aromatic carbocycles. The predicted molar refractivity (Wildman–Crippen MR) is 148 cm³/mol. The topological polar surface area (TPSA) is 131 Å². The molecule has 2 aliphatic carbocycles. The van der Waals surface area contributed by atoms with Gasteiger partial charge in [0.25, 0.3) is 0 Å². The molecule has 2 amide bonds. The molecule has 0 saturated heterocycles. The molecule has 2 aliphatic rings. The quantitative estimate of drug-likeness (QED) is 0.174. The third-order valence-corrected chi connectivity index (χ3v) is 4.72. The number of thiophene rings is 1. The number of primary amides is 1. The van der Waals surface area contributed by atoms with Crippen molar-refractivity contribution in [1.82, 2.24) is 10.4 Å². The molecular weight excluding hydrogens is 526 g/mol. The number of nitrogens with one attached hydrogen (secondary N) is 1. The van der Waals surface area contributed by atoms with E-state index in [-0.39, 0.29) is 26.9 Å². The Hall–Kier alpha value is -2.14. The van der Waals surface area contributed by atoms with Crippen molar-refractivity contribution in [3.63, 3.8) is 0 Å². The van der Waals surface area contributed by atoms with E-state index in [9.17, 15) is 4.79 Å². The first-order chi connectivity index (χ1) is 16.9. The first kappa shape index (κ1) is 33.9. The number of hydrogen-bond donors (Lipinski definition) is 3. The second-order valence-corrected chi connectivity index (χ2v) is 7.78. The van der Waals surface area contributed by atoms with Crippen LogP contribution in [-0.4, -0.2) is 27.6 Å². The van der Waals surface area contributed by atoms with E-state index >= 15 is 0 Å². The summed E-state index contributed by atoms with van der Waals surface area (Å²) in [4.78, 5) is 15.4. The van der Waals surface area contributed by atoms with Gasteiger partial charge < -0.3 is 24.1 Å². The average molecular weight is 555 g/mol. The predicted octanol–water partition coefficient (Wildman–Crippen LogP) is 3.85. The number of nitrogens with zero attached hydrogens (tertiary/aromatic N) is 4. The summed E-state index contributed by atoms with van der Waals surface area (Å²) in [7, 11) is 0. The van der Waals surface area contributed by atoms with Gasteiger partial charge in [-0.15, -0.1) is 11.3 Å². The number of hydrogen-bond acceptors (Lipinski definition) is 7. The molecule has 4 rings (SSSR count). The van der Waals surface area contributed by atoms with Crippen LogP contribution in [-0.2, 0) is 34.3 Å². The molecule has 0 spiro atoms. The molecule has 2 heterocycles. The number of carbonyl (C=O) groups is 1. The van der Waals surface area contributed by atoms with E-state index in [2.05, 4.69) is 38.3 Å². The molecule has 0 aliphatic heterocycles. The number of pyridine rings is 1. The van der Waals surface area contributed by atoms with Crippen LogP contribution in [0.25, 0.3) is 0 Å². The molecule has 0 bridgehead atoms. The summed E-state index contributed by atoms with van der Waals surface area (Å²) < 4.78 is 0. The minimum atomic E-state index is -0.647. The SMILES string of the molecule is C/C(=N\N=C(\N)[S-])c1ccccn1.C/C(=N\NC(N)=O)c1cccs1.[CH]1[CH][CH][CH][CH]1.[CH]1[CH][CH][CH][CH]1.[Ti+3]. The van der Waals surface area contributed by atoms with Crippen molar-refractivity contribution in [2.24, 2.45) is 26.8 Å². The molecule has 11 heteroatoms. The van der Waals surface area contributed by atoms with Crippen molar-refractivity contribution in [2.75, 3.05) is 0 Å². The van der Waals surface area contributed by atoms with Gasteiger partial charge in [-0.2, -0.15) is 15.3 Å². The summed E-state index contributed by atoms with van der Waals surface area (Å²) in [5.41, 5.74) is 14.4. The fraction of sp³-hybridized carbons (Fsp3) is 0.0800. The van der Waals surface area contributed by atoms with Crippen molar-refractivity contribution in [3.8, 4) is 0 Å². The van der Waals surface area contributed by atoms with Crippen molar-refractivity contribution in [2.45, 2.75) is 13.8 Å². The van der Waals surface area contributed by atoms with Gasteiger partial charge in [0.05, 0.1) is 17.1 Å². The minimum Gasteiger partial charge on any atom is -0.741 e. The maximum absolute atomic E-state index is 10.3. The molecule has 8 nitrogen and oxygen atoms in total. The second kappa shape index (κ2) is 22.1. The molecule has 2 fully saturated rings. The Morgan fingerprint density at radius 2 is 1.42 bits per heavy atom. The number of nitrogens with two attached hydrogens (primary N) is 2. The molecule has 2 saturated carbocycles. The summed E-state index contributed by atoms with van der Waals surface area (Å²) in [6.45, 7) is 3.60. The number of hydrazone groups is 1. The van der Waals surface area contributed by atoms with Crippen molar-refractivity contribution < 1.29 is 26.5 Å². The van der Waals surface area contributed by atoms with Gasteiger partial charge in [-0.3, -0.25) is 4.98 Å². The standard InChI is InChI=1S/C8H10N4S.C7H9N3OS.2C5H5.Ti/c1-6(11-12-8(9)13)7-4-2-3-5-10-7;1-5(9-10-7(8)11)6-3-2-4-12-6;2*1-2-4-5-3-1;/h2-5H,1H3,(H3,9,12,13);2-4H,1H3,(H3,8,10,11);2*1-5H;/q;;;;+3/p-1/b11-6+;9-5+;;;. The zero-order chi connectivity index (χ0) is 25.7. The number of aromatic nitrogens is 1. The van der Waals surface area contributed by atoms with Gasteiger partial charge in [0.2, 0.25) is 0 Å².